The summed E-state index contributed by atoms with van der Waals surface area (Å²) in [5.41, 5.74) is -0.537. The van der Waals surface area contributed by atoms with Crippen LogP contribution in [0.2, 0.25) is 0 Å². The summed E-state index contributed by atoms with van der Waals surface area (Å²) in [7, 11) is 0. The molecule has 0 aromatic heterocycles. The lowest BCUT2D eigenvalue weighted by atomic mass is 10.2. The van der Waals surface area contributed by atoms with Gasteiger partial charge in [0, 0.05) is 24.3 Å². The van der Waals surface area contributed by atoms with E-state index in [1.807, 2.05) is 0 Å². The van der Waals surface area contributed by atoms with Crippen molar-refractivity contribution in [3.05, 3.63) is 41.7 Å². The van der Waals surface area contributed by atoms with E-state index < -0.39 is 23.4 Å². The molecule has 0 bridgehead atoms. The van der Waals surface area contributed by atoms with Gasteiger partial charge in [-0.05, 0) is 0 Å². The van der Waals surface area contributed by atoms with Crippen molar-refractivity contribution in [2.45, 2.75) is 0 Å². The summed E-state index contributed by atoms with van der Waals surface area (Å²) in [4.78, 5) is 10.4. The molecule has 0 aliphatic rings. The summed E-state index contributed by atoms with van der Waals surface area (Å²) in [6.45, 7) is 2.92. The number of halogens is 3. The number of carboxylic acids is 1. The third-order valence-electron chi connectivity index (χ3n) is 1.80. The lowest BCUT2D eigenvalue weighted by molar-refractivity contribution is -0.132. The van der Waals surface area contributed by atoms with Crippen LogP contribution in [0.15, 0.2) is 24.3 Å². The Morgan fingerprint density at radius 3 is 2.38 bits per heavy atom. The molecule has 0 radical (unpaired) electrons. The van der Waals surface area contributed by atoms with Crippen LogP contribution in [-0.4, -0.2) is 17.6 Å². The number of carboxylic acid groups (broad SMARTS) is 1. The van der Waals surface area contributed by atoms with Crippen LogP contribution >= 0.6 is 0 Å². The molecule has 1 aromatic carbocycles. The van der Waals surface area contributed by atoms with E-state index in [9.17, 15) is 18.0 Å². The van der Waals surface area contributed by atoms with Gasteiger partial charge >= 0.3 is 5.97 Å². The second-order valence-corrected chi connectivity index (χ2v) is 3.01. The molecule has 86 valence electrons. The Morgan fingerprint density at radius 1 is 1.25 bits per heavy atom. The molecule has 1 aromatic rings. The van der Waals surface area contributed by atoms with Gasteiger partial charge in [0.25, 0.3) is 0 Å². The van der Waals surface area contributed by atoms with Crippen LogP contribution in [0, 0.1) is 17.5 Å². The average molecular weight is 231 g/mol. The van der Waals surface area contributed by atoms with Gasteiger partial charge in [0.05, 0.1) is 5.69 Å². The number of hydrogen-bond donors (Lipinski definition) is 2. The maximum absolute atomic E-state index is 13.0. The third kappa shape index (κ3) is 2.75. The molecule has 6 heteroatoms. The summed E-state index contributed by atoms with van der Waals surface area (Å²) in [5.74, 6) is -4.78. The smallest absolute Gasteiger partial charge is 0.332 e. The Balaban J connectivity index is 2.78. The van der Waals surface area contributed by atoms with Crippen molar-refractivity contribution in [3.63, 3.8) is 0 Å². The SMILES string of the molecule is C=C(CNc1cc(F)c(F)cc1F)C(=O)O. The number of aliphatic carboxylic acids is 1. The minimum atomic E-state index is -1.31. The second-order valence-electron chi connectivity index (χ2n) is 3.01. The standard InChI is InChI=1S/C10H8F3NO2/c1-5(10(15)16)4-14-9-3-7(12)6(11)2-8(9)13/h2-3,14H,1,4H2,(H,15,16). The summed E-state index contributed by atoms with van der Waals surface area (Å²) in [6, 6.07) is 0.987. The van der Waals surface area contributed by atoms with Gasteiger partial charge in [-0.3, -0.25) is 0 Å². The monoisotopic (exact) mass is 231 g/mol. The third-order valence-corrected chi connectivity index (χ3v) is 1.80. The lowest BCUT2D eigenvalue weighted by Crippen LogP contribution is -2.12. The van der Waals surface area contributed by atoms with E-state index in [0.717, 1.165) is 0 Å². The Kier molecular flexibility index (Phi) is 3.55. The van der Waals surface area contributed by atoms with E-state index >= 15 is 0 Å². The Hall–Kier alpha value is -1.98. The molecule has 0 unspecified atom stereocenters. The van der Waals surface area contributed by atoms with E-state index in [1.165, 1.54) is 0 Å². The Bertz CT molecular complexity index is 446. The molecule has 0 amide bonds. The van der Waals surface area contributed by atoms with Crippen LogP contribution in [0.3, 0.4) is 0 Å². The van der Waals surface area contributed by atoms with Crippen LogP contribution in [0.1, 0.15) is 0 Å². The Morgan fingerprint density at radius 2 is 1.81 bits per heavy atom. The maximum Gasteiger partial charge on any atom is 0.332 e. The normalized spacial score (nSPS) is 9.94. The number of anilines is 1. The predicted octanol–water partition coefficient (Wildman–Crippen LogP) is 2.16. The number of carbonyl (C=O) groups is 1. The summed E-state index contributed by atoms with van der Waals surface area (Å²) in [5, 5.41) is 10.8. The van der Waals surface area contributed by atoms with Crippen LogP contribution in [0.4, 0.5) is 18.9 Å². The summed E-state index contributed by atoms with van der Waals surface area (Å²) >= 11 is 0. The van der Waals surface area contributed by atoms with Gasteiger partial charge in [-0.2, -0.15) is 0 Å². The number of rotatable bonds is 4. The predicted molar refractivity (Wildman–Crippen MR) is 51.6 cm³/mol. The van der Waals surface area contributed by atoms with Gasteiger partial charge in [0.2, 0.25) is 0 Å². The van der Waals surface area contributed by atoms with Gasteiger partial charge in [-0.15, -0.1) is 0 Å². The molecule has 0 spiro atoms. The van der Waals surface area contributed by atoms with Crippen molar-refractivity contribution < 1.29 is 23.1 Å². The number of nitrogens with one attached hydrogen (secondary N) is 1. The van der Waals surface area contributed by atoms with E-state index in [2.05, 4.69) is 11.9 Å². The highest BCUT2D eigenvalue weighted by Gasteiger charge is 2.10. The Labute approximate surface area is 89.2 Å². The maximum atomic E-state index is 13.0. The number of benzene rings is 1. The highest BCUT2D eigenvalue weighted by atomic mass is 19.2. The quantitative estimate of drug-likeness (QED) is 0.616. The van der Waals surface area contributed by atoms with Crippen molar-refractivity contribution >= 4 is 11.7 Å². The first-order valence-corrected chi connectivity index (χ1v) is 4.21. The van der Waals surface area contributed by atoms with Gasteiger partial charge in [-0.1, -0.05) is 6.58 Å². The summed E-state index contributed by atoms with van der Waals surface area (Å²) < 4.78 is 38.3. The molecule has 0 saturated heterocycles. The lowest BCUT2D eigenvalue weighted by Gasteiger charge is -2.07. The zero-order chi connectivity index (χ0) is 12.3. The largest absolute Gasteiger partial charge is 0.478 e. The van der Waals surface area contributed by atoms with Crippen LogP contribution in [0.5, 0.6) is 0 Å². The molecule has 0 aliphatic heterocycles. The molecule has 0 atom stereocenters. The van der Waals surface area contributed by atoms with Crippen molar-refractivity contribution in [3.8, 4) is 0 Å². The molecule has 0 fully saturated rings. The molecular formula is C10H8F3NO2. The van der Waals surface area contributed by atoms with Crippen molar-refractivity contribution in [1.82, 2.24) is 0 Å². The summed E-state index contributed by atoms with van der Waals surface area (Å²) in [6.07, 6.45) is 0. The van der Waals surface area contributed by atoms with Gasteiger partial charge in [0.1, 0.15) is 5.82 Å². The second kappa shape index (κ2) is 4.69. The zero-order valence-corrected chi connectivity index (χ0v) is 8.06. The fourth-order valence-electron chi connectivity index (χ4n) is 0.936. The van der Waals surface area contributed by atoms with Crippen molar-refractivity contribution in [1.29, 1.82) is 0 Å². The topological polar surface area (TPSA) is 49.3 Å². The number of hydrogen-bond acceptors (Lipinski definition) is 2. The highest BCUT2D eigenvalue weighted by Crippen LogP contribution is 2.18. The van der Waals surface area contributed by atoms with E-state index in [-0.39, 0.29) is 17.8 Å². The first-order valence-electron chi connectivity index (χ1n) is 4.21. The molecule has 2 N–H and O–H groups in total. The van der Waals surface area contributed by atoms with Crippen LogP contribution in [0.25, 0.3) is 0 Å². The van der Waals surface area contributed by atoms with Crippen molar-refractivity contribution in [2.24, 2.45) is 0 Å². The molecule has 16 heavy (non-hydrogen) atoms. The van der Waals surface area contributed by atoms with Crippen LogP contribution < -0.4 is 5.32 Å². The van der Waals surface area contributed by atoms with Gasteiger partial charge in [-0.25, -0.2) is 18.0 Å². The van der Waals surface area contributed by atoms with Gasteiger partial charge < -0.3 is 10.4 Å². The highest BCUT2D eigenvalue weighted by molar-refractivity contribution is 5.86. The molecular weight excluding hydrogens is 223 g/mol. The first kappa shape index (κ1) is 12.1. The molecule has 0 saturated carbocycles. The molecule has 0 heterocycles. The van der Waals surface area contributed by atoms with Crippen molar-refractivity contribution in [2.75, 3.05) is 11.9 Å². The first-order chi connectivity index (χ1) is 7.41. The fourth-order valence-corrected chi connectivity index (χ4v) is 0.936. The molecule has 3 nitrogen and oxygen atoms in total. The van der Waals surface area contributed by atoms with Crippen LogP contribution in [-0.2, 0) is 4.79 Å². The minimum Gasteiger partial charge on any atom is -0.478 e. The fraction of sp³-hybridized carbons (Fsp3) is 0.100. The zero-order valence-electron chi connectivity index (χ0n) is 8.06. The molecule has 0 aliphatic carbocycles. The van der Waals surface area contributed by atoms with E-state index in [0.29, 0.717) is 12.1 Å². The minimum absolute atomic E-state index is 0.218. The molecule has 1 rings (SSSR count). The average Bonchev–Trinajstić information content (AvgIpc) is 2.20. The van der Waals surface area contributed by atoms with Gasteiger partial charge in [0.15, 0.2) is 11.6 Å². The van der Waals surface area contributed by atoms with E-state index in [1.54, 1.807) is 0 Å². The van der Waals surface area contributed by atoms with E-state index in [4.69, 9.17) is 5.11 Å².